The summed E-state index contributed by atoms with van der Waals surface area (Å²) in [4.78, 5) is 44.8. The van der Waals surface area contributed by atoms with Crippen LogP contribution in [-0.2, 0) is 14.3 Å². The molecule has 7 heteroatoms. The largest absolute Gasteiger partial charge is 0.478 e. The maximum Gasteiger partial charge on any atom is 0.349 e. The number of hydrogen-bond donors (Lipinski definition) is 1. The van der Waals surface area contributed by atoms with Crippen LogP contribution in [0.1, 0.15) is 20.7 Å². The molecule has 0 bridgehead atoms. The van der Waals surface area contributed by atoms with E-state index in [9.17, 15) is 19.2 Å². The maximum atomic E-state index is 11.7. The van der Waals surface area contributed by atoms with Gasteiger partial charge in [0, 0.05) is 12.2 Å². The van der Waals surface area contributed by atoms with Crippen molar-refractivity contribution in [3.63, 3.8) is 0 Å². The number of hydrogen-bond acceptors (Lipinski definition) is 6. The van der Waals surface area contributed by atoms with Crippen LogP contribution in [0.15, 0.2) is 43.5 Å². The smallest absolute Gasteiger partial charge is 0.349 e. The van der Waals surface area contributed by atoms with Crippen LogP contribution in [-0.4, -0.2) is 29.0 Å². The van der Waals surface area contributed by atoms with Gasteiger partial charge < -0.3 is 14.6 Å². The maximum absolute atomic E-state index is 11.7. The number of benzene rings is 1. The minimum atomic E-state index is -1.28. The monoisotopic (exact) mass is 290 g/mol. The number of carbonyl (C=O) groups is 4. The highest BCUT2D eigenvalue weighted by Crippen LogP contribution is 2.22. The standard InChI is InChI=1S/C14H10O7/c1-3-11(15)20-10-7-8(13(17)18)5-6-9(10)14(19)21-12(16)4-2/h3-7H,1-2H2,(H,17,18). The van der Waals surface area contributed by atoms with Crippen LogP contribution in [0, 0.1) is 0 Å². The van der Waals surface area contributed by atoms with Crippen molar-refractivity contribution in [3.8, 4) is 5.75 Å². The van der Waals surface area contributed by atoms with E-state index in [0.717, 1.165) is 30.4 Å². The van der Waals surface area contributed by atoms with Gasteiger partial charge in [0.2, 0.25) is 0 Å². The third-order valence-electron chi connectivity index (χ3n) is 2.19. The fourth-order valence-corrected chi connectivity index (χ4v) is 1.25. The van der Waals surface area contributed by atoms with Gasteiger partial charge in [0.05, 0.1) is 5.56 Å². The second-order valence-corrected chi connectivity index (χ2v) is 3.55. The zero-order valence-corrected chi connectivity index (χ0v) is 10.7. The predicted octanol–water partition coefficient (Wildman–Crippen LogP) is 1.35. The van der Waals surface area contributed by atoms with Crippen molar-refractivity contribution in [2.24, 2.45) is 0 Å². The Kier molecular flexibility index (Phi) is 5.13. The van der Waals surface area contributed by atoms with Crippen LogP contribution in [0.25, 0.3) is 0 Å². The van der Waals surface area contributed by atoms with Crippen molar-refractivity contribution in [3.05, 3.63) is 54.6 Å². The molecule has 0 saturated heterocycles. The first-order valence-corrected chi connectivity index (χ1v) is 5.49. The summed E-state index contributed by atoms with van der Waals surface area (Å²) in [6.07, 6.45) is 1.61. The lowest BCUT2D eigenvalue weighted by Gasteiger charge is -2.08. The molecule has 0 heterocycles. The molecule has 1 aromatic carbocycles. The molecule has 1 rings (SSSR count). The third-order valence-corrected chi connectivity index (χ3v) is 2.19. The summed E-state index contributed by atoms with van der Waals surface area (Å²) in [7, 11) is 0. The zero-order chi connectivity index (χ0) is 16.0. The van der Waals surface area contributed by atoms with Gasteiger partial charge in [-0.15, -0.1) is 0 Å². The molecule has 1 aromatic rings. The Morgan fingerprint density at radius 1 is 1.05 bits per heavy atom. The summed E-state index contributed by atoms with van der Waals surface area (Å²) in [6, 6.07) is 3.12. The molecular formula is C14H10O7. The Hall–Kier alpha value is -3.22. The fraction of sp³-hybridized carbons (Fsp3) is 0. The van der Waals surface area contributed by atoms with Crippen LogP contribution in [0.5, 0.6) is 5.75 Å². The van der Waals surface area contributed by atoms with Gasteiger partial charge in [0.15, 0.2) is 0 Å². The Balaban J connectivity index is 3.22. The molecular weight excluding hydrogens is 280 g/mol. The number of carboxylic acids is 1. The van der Waals surface area contributed by atoms with Crippen molar-refractivity contribution < 1.29 is 33.8 Å². The van der Waals surface area contributed by atoms with Crippen molar-refractivity contribution in [1.82, 2.24) is 0 Å². The first kappa shape index (κ1) is 15.8. The van der Waals surface area contributed by atoms with E-state index >= 15 is 0 Å². The number of carboxylic acid groups (broad SMARTS) is 1. The lowest BCUT2D eigenvalue weighted by molar-refractivity contribution is -0.132. The molecule has 0 unspecified atom stereocenters. The normalized spacial score (nSPS) is 9.33. The van der Waals surface area contributed by atoms with Crippen LogP contribution >= 0.6 is 0 Å². The Bertz CT molecular complexity index is 643. The zero-order valence-electron chi connectivity index (χ0n) is 10.7. The minimum absolute atomic E-state index is 0.214. The van der Waals surface area contributed by atoms with Gasteiger partial charge in [0.25, 0.3) is 0 Å². The molecule has 0 atom stereocenters. The predicted molar refractivity (Wildman–Crippen MR) is 69.9 cm³/mol. The third kappa shape index (κ3) is 4.13. The average molecular weight is 290 g/mol. The van der Waals surface area contributed by atoms with Gasteiger partial charge in [-0.25, -0.2) is 19.2 Å². The topological polar surface area (TPSA) is 107 Å². The molecule has 0 aromatic heterocycles. The Morgan fingerprint density at radius 3 is 2.19 bits per heavy atom. The number of ether oxygens (including phenoxy) is 2. The molecule has 0 aliphatic rings. The van der Waals surface area contributed by atoms with Gasteiger partial charge in [-0.3, -0.25) is 0 Å². The number of esters is 3. The molecule has 0 aliphatic heterocycles. The van der Waals surface area contributed by atoms with E-state index in [4.69, 9.17) is 9.84 Å². The minimum Gasteiger partial charge on any atom is -0.478 e. The summed E-state index contributed by atoms with van der Waals surface area (Å²) < 4.78 is 9.14. The summed E-state index contributed by atoms with van der Waals surface area (Å²) in [5, 5.41) is 8.87. The average Bonchev–Trinajstić information content (AvgIpc) is 2.46. The van der Waals surface area contributed by atoms with Crippen LogP contribution in [0.4, 0.5) is 0 Å². The second-order valence-electron chi connectivity index (χ2n) is 3.55. The molecule has 0 aliphatic carbocycles. The summed E-state index contributed by atoms with van der Waals surface area (Å²) in [5.74, 6) is -4.65. The van der Waals surface area contributed by atoms with Gasteiger partial charge >= 0.3 is 23.9 Å². The molecule has 0 amide bonds. The number of carbonyl (C=O) groups excluding carboxylic acids is 3. The highest BCUT2D eigenvalue weighted by atomic mass is 16.6. The van der Waals surface area contributed by atoms with Gasteiger partial charge in [-0.1, -0.05) is 13.2 Å². The molecule has 7 nitrogen and oxygen atoms in total. The van der Waals surface area contributed by atoms with E-state index < -0.39 is 23.9 Å². The molecule has 108 valence electrons. The van der Waals surface area contributed by atoms with Crippen molar-refractivity contribution in [2.45, 2.75) is 0 Å². The Morgan fingerprint density at radius 2 is 1.67 bits per heavy atom. The van der Waals surface area contributed by atoms with E-state index in [1.807, 2.05) is 0 Å². The van der Waals surface area contributed by atoms with Crippen LogP contribution in [0.3, 0.4) is 0 Å². The van der Waals surface area contributed by atoms with Crippen molar-refractivity contribution in [2.75, 3.05) is 0 Å². The van der Waals surface area contributed by atoms with Crippen LogP contribution in [0.2, 0.25) is 0 Å². The van der Waals surface area contributed by atoms with E-state index in [0.29, 0.717) is 0 Å². The summed E-state index contributed by atoms with van der Waals surface area (Å²) in [6.45, 7) is 6.30. The summed E-state index contributed by atoms with van der Waals surface area (Å²) in [5.41, 5.74) is -0.501. The van der Waals surface area contributed by atoms with E-state index in [2.05, 4.69) is 17.9 Å². The van der Waals surface area contributed by atoms with Crippen molar-refractivity contribution in [1.29, 1.82) is 0 Å². The van der Waals surface area contributed by atoms with Crippen molar-refractivity contribution >= 4 is 23.9 Å². The molecule has 0 radical (unpaired) electrons. The molecule has 1 N–H and O–H groups in total. The SMILES string of the molecule is C=CC(=O)OC(=O)c1ccc(C(=O)O)cc1OC(=O)C=C. The second kappa shape index (κ2) is 6.80. The van der Waals surface area contributed by atoms with Gasteiger partial charge in [-0.2, -0.15) is 0 Å². The molecule has 0 spiro atoms. The fourth-order valence-electron chi connectivity index (χ4n) is 1.25. The first-order chi connectivity index (χ1) is 9.88. The molecule has 0 saturated carbocycles. The molecule has 0 fully saturated rings. The van der Waals surface area contributed by atoms with E-state index in [-0.39, 0.29) is 16.9 Å². The van der Waals surface area contributed by atoms with E-state index in [1.54, 1.807) is 0 Å². The van der Waals surface area contributed by atoms with Gasteiger partial charge in [0.1, 0.15) is 11.3 Å². The quantitative estimate of drug-likeness (QED) is 0.377. The number of rotatable bonds is 5. The molecule has 21 heavy (non-hydrogen) atoms. The lowest BCUT2D eigenvalue weighted by Crippen LogP contribution is -2.14. The van der Waals surface area contributed by atoms with Gasteiger partial charge in [-0.05, 0) is 18.2 Å². The highest BCUT2D eigenvalue weighted by molar-refractivity contribution is 6.03. The van der Waals surface area contributed by atoms with Crippen LogP contribution < -0.4 is 4.74 Å². The first-order valence-electron chi connectivity index (χ1n) is 5.49. The van der Waals surface area contributed by atoms with E-state index in [1.165, 1.54) is 0 Å². The summed E-state index contributed by atoms with van der Waals surface area (Å²) >= 11 is 0. The Labute approximate surface area is 119 Å². The highest BCUT2D eigenvalue weighted by Gasteiger charge is 2.20. The lowest BCUT2D eigenvalue weighted by atomic mass is 10.1. The number of aromatic carboxylic acids is 1.